The van der Waals surface area contributed by atoms with Gasteiger partial charge in [-0.3, -0.25) is 0 Å². The Balaban J connectivity index is 1.47. The van der Waals surface area contributed by atoms with Crippen LogP contribution in [0.2, 0.25) is 0 Å². The number of hydrogen-bond donors (Lipinski definition) is 0. The normalized spacial score (nSPS) is 12.3. The van der Waals surface area contributed by atoms with Crippen LogP contribution in [0.5, 0.6) is 5.75 Å². The molecule has 7 heteroatoms. The molecule has 1 aromatic heterocycles. The fraction of sp³-hybridized carbons (Fsp3) is 0.125. The van der Waals surface area contributed by atoms with Crippen molar-refractivity contribution in [1.29, 1.82) is 0 Å². The van der Waals surface area contributed by atoms with Crippen LogP contribution in [0.1, 0.15) is 10.6 Å². The van der Waals surface area contributed by atoms with Crippen molar-refractivity contribution in [3.63, 3.8) is 0 Å². The van der Waals surface area contributed by atoms with E-state index in [1.54, 1.807) is 18.4 Å². The molecule has 1 heterocycles. The van der Waals surface area contributed by atoms with Crippen LogP contribution in [-0.2, 0) is 16.1 Å². The second-order valence-electron chi connectivity index (χ2n) is 9.26. The molecule has 0 saturated heterocycles. The van der Waals surface area contributed by atoms with Gasteiger partial charge < -0.3 is 0 Å². The van der Waals surface area contributed by atoms with Crippen LogP contribution in [0.25, 0.3) is 10.6 Å². The number of esters is 1. The average molecular weight is 619 g/mol. The van der Waals surface area contributed by atoms with E-state index < -0.39 is 5.31 Å². The van der Waals surface area contributed by atoms with E-state index in [0.717, 1.165) is 42.8 Å². The van der Waals surface area contributed by atoms with E-state index in [9.17, 15) is 4.79 Å². The van der Waals surface area contributed by atoms with Gasteiger partial charge in [0.15, 0.2) is 0 Å². The quantitative estimate of drug-likeness (QED) is 0.132. The van der Waals surface area contributed by atoms with E-state index in [-0.39, 0.29) is 18.7 Å². The molecule has 4 aromatic carbocycles. The number of nitrogens with zero attached hydrogens (tertiary/aromatic N) is 1. The number of carbonyl (C=O) groups excluding carboxylic acids is 1. The van der Waals surface area contributed by atoms with Gasteiger partial charge in [0.1, 0.15) is 0 Å². The Kier molecular flexibility index (Phi) is 7.99. The molecule has 0 aliphatic heterocycles. The first-order chi connectivity index (χ1) is 18.9. The summed E-state index contributed by atoms with van der Waals surface area (Å²) in [5.41, 5.74) is 1.87. The van der Waals surface area contributed by atoms with Gasteiger partial charge in [0.05, 0.1) is 7.11 Å². The van der Waals surface area contributed by atoms with Crippen LogP contribution in [0.4, 0.5) is 0 Å². The van der Waals surface area contributed by atoms with Gasteiger partial charge in [-0.1, -0.05) is 0 Å². The Morgan fingerprint density at radius 2 is 1.28 bits per heavy atom. The Morgan fingerprint density at radius 1 is 0.795 bits per heavy atom. The first kappa shape index (κ1) is 27.3. The van der Waals surface area contributed by atoms with E-state index in [1.807, 2.05) is 85.8 Å². The monoisotopic (exact) mass is 617 g/mol. The molecule has 0 saturated carbocycles. The average Bonchev–Trinajstić information content (AvgIpc) is 3.37. The van der Waals surface area contributed by atoms with Crippen molar-refractivity contribution in [2.75, 3.05) is 13.3 Å². The summed E-state index contributed by atoms with van der Waals surface area (Å²) in [5.74, 6) is 0.535. The topological polar surface area (TPSA) is 48.4 Å². The summed E-state index contributed by atoms with van der Waals surface area (Å²) in [6.07, 6.45) is 0.187. The van der Waals surface area contributed by atoms with Crippen molar-refractivity contribution in [2.45, 2.75) is 13.5 Å². The summed E-state index contributed by atoms with van der Waals surface area (Å²) in [5, 5.41) is 0.719. The van der Waals surface area contributed by atoms with Gasteiger partial charge in [-0.05, 0) is 0 Å². The van der Waals surface area contributed by atoms with Crippen molar-refractivity contribution in [3.05, 3.63) is 126 Å². The number of aromatic nitrogens is 1. The van der Waals surface area contributed by atoms with Crippen LogP contribution in [-0.4, -0.2) is 24.2 Å². The zero-order valence-corrected chi connectivity index (χ0v) is 25.1. The Morgan fingerprint density at radius 3 is 1.74 bits per heavy atom. The number of halogens is 1. The standard InChI is InChI=1S/C32H29BrNO3PS/c1-24-30(39-32(34-24)25-18-20-26(36-2)21-19-25)22-37-31(35)23-38(33,27-12-6-3-7-13-27,28-14-8-4-9-15-28)29-16-10-5-11-17-29/h3-21H,22-23H2,1-2H3. The molecule has 198 valence electrons. The fourth-order valence-electron chi connectivity index (χ4n) is 4.79. The van der Waals surface area contributed by atoms with Gasteiger partial charge in [0.2, 0.25) is 0 Å². The van der Waals surface area contributed by atoms with Crippen molar-refractivity contribution < 1.29 is 14.3 Å². The predicted molar refractivity (Wildman–Crippen MR) is 168 cm³/mol. The SMILES string of the molecule is COc1ccc(-c2nc(C)c(COC(=O)CP(Br)(c3ccccc3)(c3ccccc3)c3ccccc3)s2)cc1. The van der Waals surface area contributed by atoms with Gasteiger partial charge in [-0.2, -0.15) is 0 Å². The molecular formula is C32H29BrNO3PS. The minimum absolute atomic E-state index is 0.177. The molecular weight excluding hydrogens is 589 g/mol. The molecule has 0 aliphatic rings. The Bertz CT molecular complexity index is 1460. The molecule has 0 N–H and O–H groups in total. The first-order valence-corrected chi connectivity index (χ1v) is 17.8. The van der Waals surface area contributed by atoms with Crippen molar-refractivity contribution >= 4 is 54.0 Å². The third-order valence-electron chi connectivity index (χ3n) is 6.90. The second-order valence-corrected chi connectivity index (χ2v) is 19.3. The maximum atomic E-state index is 13.8. The van der Waals surface area contributed by atoms with Gasteiger partial charge in [-0.15, -0.1) is 0 Å². The summed E-state index contributed by atoms with van der Waals surface area (Å²) in [6.45, 7) is 2.13. The van der Waals surface area contributed by atoms with Gasteiger partial charge in [0, 0.05) is 0 Å². The molecule has 39 heavy (non-hydrogen) atoms. The molecule has 0 bridgehead atoms. The molecule has 0 atom stereocenters. The third kappa shape index (κ3) is 5.29. The Labute approximate surface area is 241 Å². The fourth-order valence-corrected chi connectivity index (χ4v) is 12.9. The van der Waals surface area contributed by atoms with Gasteiger partial charge in [-0.25, -0.2) is 0 Å². The zero-order chi connectivity index (χ0) is 27.3. The number of carbonyl (C=O) groups is 1. The summed E-state index contributed by atoms with van der Waals surface area (Å²) >= 11 is 5.86. The summed E-state index contributed by atoms with van der Waals surface area (Å²) in [7, 11) is 1.65. The van der Waals surface area contributed by atoms with E-state index in [2.05, 4.69) is 51.9 Å². The van der Waals surface area contributed by atoms with Crippen molar-refractivity contribution in [2.24, 2.45) is 0 Å². The number of methoxy groups -OCH3 is 1. The molecule has 0 fully saturated rings. The summed E-state index contributed by atoms with van der Waals surface area (Å²) in [4.78, 5) is 19.4. The molecule has 5 rings (SSSR count). The number of rotatable bonds is 9. The van der Waals surface area contributed by atoms with Crippen LogP contribution in [0.15, 0.2) is 115 Å². The summed E-state index contributed by atoms with van der Waals surface area (Å²) in [6, 6.07) is 38.6. The van der Waals surface area contributed by atoms with Crippen LogP contribution in [0, 0.1) is 6.92 Å². The van der Waals surface area contributed by atoms with Crippen LogP contribution in [0.3, 0.4) is 0 Å². The number of hydrogen-bond acceptors (Lipinski definition) is 5. The molecule has 0 aliphatic carbocycles. The number of ether oxygens (including phenoxy) is 2. The molecule has 0 unspecified atom stereocenters. The predicted octanol–water partition coefficient (Wildman–Crippen LogP) is 7.01. The number of benzene rings is 4. The van der Waals surface area contributed by atoms with Crippen LogP contribution < -0.4 is 20.7 Å². The summed E-state index contributed by atoms with van der Waals surface area (Å²) < 4.78 is 11.3. The van der Waals surface area contributed by atoms with E-state index in [1.165, 1.54) is 0 Å². The minimum atomic E-state index is -3.40. The van der Waals surface area contributed by atoms with Gasteiger partial charge in [0.25, 0.3) is 0 Å². The maximum absolute atomic E-state index is 13.8. The van der Waals surface area contributed by atoms with E-state index >= 15 is 0 Å². The van der Waals surface area contributed by atoms with Crippen molar-refractivity contribution in [1.82, 2.24) is 4.98 Å². The third-order valence-corrected chi connectivity index (χ3v) is 17.5. The van der Waals surface area contributed by atoms with Gasteiger partial charge >= 0.3 is 235 Å². The van der Waals surface area contributed by atoms with E-state index in [4.69, 9.17) is 14.5 Å². The number of aryl methyl sites for hydroxylation is 1. The second kappa shape index (κ2) is 11.4. The first-order valence-electron chi connectivity index (χ1n) is 12.6. The van der Waals surface area contributed by atoms with Crippen LogP contribution >= 0.6 is 32.1 Å². The Hall–Kier alpha value is -3.31. The van der Waals surface area contributed by atoms with E-state index in [0.29, 0.717) is 0 Å². The van der Waals surface area contributed by atoms with Crippen molar-refractivity contribution in [3.8, 4) is 16.3 Å². The number of thiazole rings is 1. The molecule has 4 nitrogen and oxygen atoms in total. The molecule has 0 spiro atoms. The molecule has 0 amide bonds. The molecule has 0 radical (unpaired) electrons. The zero-order valence-electron chi connectivity index (χ0n) is 21.8. The molecule has 5 aromatic rings.